The molecule has 0 unspecified atom stereocenters. The van der Waals surface area contributed by atoms with Crippen LogP contribution in [0.2, 0.25) is 0 Å². The maximum absolute atomic E-state index is 4.75. The minimum atomic E-state index is 0.629. The summed E-state index contributed by atoms with van der Waals surface area (Å²) >= 11 is 1.82. The summed E-state index contributed by atoms with van der Waals surface area (Å²) in [7, 11) is 1.92. The molecular formula is C17H20N6S. The average molecular weight is 340 g/mol. The fourth-order valence-electron chi connectivity index (χ4n) is 3.08. The SMILES string of the molecule is Cc1nn(C)cc1-c1ccnc(NCc2nc3c(s2)CCCC3)n1. The molecule has 1 aliphatic rings. The summed E-state index contributed by atoms with van der Waals surface area (Å²) in [5.74, 6) is 0.629. The van der Waals surface area contributed by atoms with Gasteiger partial charge in [0.25, 0.3) is 0 Å². The van der Waals surface area contributed by atoms with Gasteiger partial charge < -0.3 is 5.32 Å². The minimum Gasteiger partial charge on any atom is -0.348 e. The fourth-order valence-corrected chi connectivity index (χ4v) is 4.18. The first kappa shape index (κ1) is 15.3. The first-order valence-electron chi connectivity index (χ1n) is 8.24. The van der Waals surface area contributed by atoms with Crippen molar-refractivity contribution >= 4 is 17.3 Å². The van der Waals surface area contributed by atoms with Gasteiger partial charge in [-0.05, 0) is 38.7 Å². The molecule has 6 nitrogen and oxygen atoms in total. The lowest BCUT2D eigenvalue weighted by atomic mass is 10.0. The van der Waals surface area contributed by atoms with Gasteiger partial charge in [0.05, 0.1) is 23.6 Å². The van der Waals surface area contributed by atoms with Gasteiger partial charge in [-0.1, -0.05) is 0 Å². The van der Waals surface area contributed by atoms with Crippen molar-refractivity contribution in [2.75, 3.05) is 5.32 Å². The van der Waals surface area contributed by atoms with Gasteiger partial charge in [-0.15, -0.1) is 11.3 Å². The second-order valence-corrected chi connectivity index (χ2v) is 7.27. The van der Waals surface area contributed by atoms with Gasteiger partial charge in [0.15, 0.2) is 0 Å². The minimum absolute atomic E-state index is 0.629. The molecule has 0 atom stereocenters. The number of rotatable bonds is 4. The Balaban J connectivity index is 1.50. The molecule has 3 heterocycles. The van der Waals surface area contributed by atoms with Crippen LogP contribution in [0.5, 0.6) is 0 Å². The smallest absolute Gasteiger partial charge is 0.223 e. The van der Waals surface area contributed by atoms with Crippen LogP contribution in [0.15, 0.2) is 18.5 Å². The highest BCUT2D eigenvalue weighted by Gasteiger charge is 2.15. The van der Waals surface area contributed by atoms with Gasteiger partial charge >= 0.3 is 0 Å². The second kappa shape index (κ2) is 6.32. The number of fused-ring (bicyclic) bond motifs is 1. The summed E-state index contributed by atoms with van der Waals surface area (Å²) in [5, 5.41) is 8.80. The molecule has 124 valence electrons. The maximum Gasteiger partial charge on any atom is 0.223 e. The van der Waals surface area contributed by atoms with Gasteiger partial charge in [0, 0.05) is 29.9 Å². The van der Waals surface area contributed by atoms with E-state index in [0.717, 1.165) is 28.4 Å². The number of aryl methyl sites for hydroxylation is 4. The Morgan fingerprint density at radius 2 is 2.12 bits per heavy atom. The molecule has 4 rings (SSSR count). The Morgan fingerprint density at radius 3 is 2.92 bits per heavy atom. The lowest BCUT2D eigenvalue weighted by Gasteiger charge is -2.06. The Kier molecular flexibility index (Phi) is 4.02. The molecule has 0 aromatic carbocycles. The van der Waals surface area contributed by atoms with E-state index in [9.17, 15) is 0 Å². The van der Waals surface area contributed by atoms with Crippen LogP contribution < -0.4 is 5.32 Å². The van der Waals surface area contributed by atoms with Crippen LogP contribution in [0.3, 0.4) is 0 Å². The van der Waals surface area contributed by atoms with Crippen LogP contribution in [0.4, 0.5) is 5.95 Å². The van der Waals surface area contributed by atoms with Crippen molar-refractivity contribution in [1.82, 2.24) is 24.7 Å². The summed E-state index contributed by atoms with van der Waals surface area (Å²) in [5.41, 5.74) is 4.18. The van der Waals surface area contributed by atoms with E-state index in [-0.39, 0.29) is 0 Å². The normalized spacial score (nSPS) is 13.8. The molecule has 3 aromatic heterocycles. The van der Waals surface area contributed by atoms with Crippen LogP contribution in [0.25, 0.3) is 11.3 Å². The maximum atomic E-state index is 4.75. The third-order valence-corrected chi connectivity index (χ3v) is 5.39. The van der Waals surface area contributed by atoms with Crippen molar-refractivity contribution in [1.29, 1.82) is 0 Å². The van der Waals surface area contributed by atoms with Crippen molar-refractivity contribution in [2.45, 2.75) is 39.2 Å². The van der Waals surface area contributed by atoms with E-state index in [1.54, 1.807) is 10.9 Å². The fraction of sp³-hybridized carbons (Fsp3) is 0.412. The van der Waals surface area contributed by atoms with Crippen molar-refractivity contribution in [3.05, 3.63) is 39.7 Å². The number of nitrogens with zero attached hydrogens (tertiary/aromatic N) is 5. The van der Waals surface area contributed by atoms with Crippen molar-refractivity contribution in [2.24, 2.45) is 7.05 Å². The Morgan fingerprint density at radius 1 is 1.25 bits per heavy atom. The summed E-state index contributed by atoms with van der Waals surface area (Å²) in [6.45, 7) is 2.66. The van der Waals surface area contributed by atoms with Gasteiger partial charge in [-0.2, -0.15) is 5.10 Å². The van der Waals surface area contributed by atoms with Crippen LogP contribution in [-0.2, 0) is 26.4 Å². The summed E-state index contributed by atoms with van der Waals surface area (Å²) in [6, 6.07) is 1.91. The van der Waals surface area contributed by atoms with Gasteiger partial charge in [0.2, 0.25) is 5.95 Å². The molecule has 0 spiro atoms. The van der Waals surface area contributed by atoms with E-state index >= 15 is 0 Å². The number of hydrogen-bond donors (Lipinski definition) is 1. The highest BCUT2D eigenvalue weighted by molar-refractivity contribution is 7.11. The zero-order valence-electron chi connectivity index (χ0n) is 13.9. The molecule has 0 bridgehead atoms. The Labute approximate surface area is 145 Å². The van der Waals surface area contributed by atoms with Crippen molar-refractivity contribution in [3.8, 4) is 11.3 Å². The topological polar surface area (TPSA) is 68.5 Å². The molecule has 0 saturated heterocycles. The predicted molar refractivity (Wildman–Crippen MR) is 95.1 cm³/mol. The van der Waals surface area contributed by atoms with E-state index in [1.165, 1.54) is 29.8 Å². The first-order chi connectivity index (χ1) is 11.7. The van der Waals surface area contributed by atoms with E-state index in [4.69, 9.17) is 4.98 Å². The van der Waals surface area contributed by atoms with Crippen molar-refractivity contribution < 1.29 is 0 Å². The molecule has 0 saturated carbocycles. The quantitative estimate of drug-likeness (QED) is 0.790. The molecule has 7 heteroatoms. The monoisotopic (exact) mass is 340 g/mol. The van der Waals surface area contributed by atoms with Crippen LogP contribution >= 0.6 is 11.3 Å². The molecule has 1 N–H and O–H groups in total. The van der Waals surface area contributed by atoms with Gasteiger partial charge in [-0.25, -0.2) is 15.0 Å². The first-order valence-corrected chi connectivity index (χ1v) is 9.05. The predicted octanol–water partition coefficient (Wildman–Crippen LogP) is 3.13. The highest BCUT2D eigenvalue weighted by Crippen LogP contribution is 2.27. The molecule has 24 heavy (non-hydrogen) atoms. The van der Waals surface area contributed by atoms with Gasteiger partial charge in [-0.3, -0.25) is 4.68 Å². The summed E-state index contributed by atoms with van der Waals surface area (Å²) in [6.07, 6.45) is 8.62. The Hall–Kier alpha value is -2.28. The molecular weight excluding hydrogens is 320 g/mol. The lowest BCUT2D eigenvalue weighted by Crippen LogP contribution is -2.04. The standard InChI is InChI=1S/C17H20N6S/c1-11-12(10-23(2)22-11)13-7-8-18-17(21-13)19-9-16-20-14-5-3-4-6-15(14)24-16/h7-8,10H,3-6,9H2,1-2H3,(H,18,19,21). The molecule has 0 aliphatic heterocycles. The van der Waals surface area contributed by atoms with E-state index < -0.39 is 0 Å². The van der Waals surface area contributed by atoms with E-state index in [1.807, 2.05) is 37.6 Å². The summed E-state index contributed by atoms with van der Waals surface area (Å²) in [4.78, 5) is 15.1. The number of aromatic nitrogens is 5. The molecule has 1 aliphatic carbocycles. The molecule has 3 aromatic rings. The number of thiazole rings is 1. The number of nitrogens with one attached hydrogen (secondary N) is 1. The van der Waals surface area contributed by atoms with Crippen LogP contribution in [-0.4, -0.2) is 24.7 Å². The van der Waals surface area contributed by atoms with Crippen molar-refractivity contribution in [3.63, 3.8) is 0 Å². The largest absolute Gasteiger partial charge is 0.348 e. The van der Waals surface area contributed by atoms with Crippen LogP contribution in [0, 0.1) is 6.92 Å². The number of anilines is 1. The molecule has 0 fully saturated rings. The van der Waals surface area contributed by atoms with Gasteiger partial charge in [0.1, 0.15) is 5.01 Å². The zero-order valence-corrected chi connectivity index (χ0v) is 14.7. The van der Waals surface area contributed by atoms with Crippen LogP contribution in [0.1, 0.15) is 34.1 Å². The van der Waals surface area contributed by atoms with E-state index in [2.05, 4.69) is 20.4 Å². The lowest BCUT2D eigenvalue weighted by molar-refractivity contribution is 0.681. The second-order valence-electron chi connectivity index (χ2n) is 6.11. The molecule has 0 amide bonds. The van der Waals surface area contributed by atoms with E-state index in [0.29, 0.717) is 12.5 Å². The summed E-state index contributed by atoms with van der Waals surface area (Å²) < 4.78 is 1.81. The Bertz CT molecular complexity index is 842. The number of hydrogen-bond acceptors (Lipinski definition) is 6. The third-order valence-electron chi connectivity index (χ3n) is 4.23. The zero-order chi connectivity index (χ0) is 16.5. The third kappa shape index (κ3) is 3.03. The molecule has 0 radical (unpaired) electrons. The highest BCUT2D eigenvalue weighted by atomic mass is 32.1. The average Bonchev–Trinajstić information content (AvgIpc) is 3.15.